The van der Waals surface area contributed by atoms with Crippen molar-refractivity contribution in [2.24, 2.45) is 0 Å². The van der Waals surface area contributed by atoms with Gasteiger partial charge in [0.15, 0.2) is 0 Å². The minimum atomic E-state index is -0.112. The molecule has 0 amide bonds. The summed E-state index contributed by atoms with van der Waals surface area (Å²) in [5.74, 6) is 0. The zero-order valence-electron chi connectivity index (χ0n) is 38.6. The molecule has 0 radical (unpaired) electrons. The molecule has 0 aliphatic heterocycles. The summed E-state index contributed by atoms with van der Waals surface area (Å²) in [6, 6.07) is 93.5. The molecule has 326 valence electrons. The average molecular weight is 881 g/mol. The Morgan fingerprint density at radius 3 is 1.38 bits per heavy atom. The third-order valence-electron chi connectivity index (χ3n) is 14.6. The van der Waals surface area contributed by atoms with E-state index in [1.165, 1.54) is 88.2 Å². The average Bonchev–Trinajstić information content (AvgIpc) is 3.90. The van der Waals surface area contributed by atoms with Crippen molar-refractivity contribution in [2.75, 3.05) is 4.90 Å². The molecule has 0 bridgehead atoms. The fourth-order valence-electron chi connectivity index (χ4n) is 11.3. The van der Waals surface area contributed by atoms with Gasteiger partial charge < -0.3 is 9.47 Å². The molecule has 11 aromatic carbocycles. The third-order valence-corrected chi connectivity index (χ3v) is 14.6. The van der Waals surface area contributed by atoms with Gasteiger partial charge in [0.25, 0.3) is 0 Å². The predicted octanol–water partition coefficient (Wildman–Crippen LogP) is 18.4. The minimum Gasteiger partial charge on any atom is -0.310 e. The van der Waals surface area contributed by atoms with Crippen LogP contribution in [0.2, 0.25) is 0 Å². The molecule has 69 heavy (non-hydrogen) atoms. The highest BCUT2D eigenvalue weighted by Crippen LogP contribution is 2.52. The van der Waals surface area contributed by atoms with E-state index < -0.39 is 0 Å². The Morgan fingerprint density at radius 2 is 0.768 bits per heavy atom. The van der Waals surface area contributed by atoms with Gasteiger partial charge in [0.1, 0.15) is 0 Å². The molecule has 12 aromatic rings. The number of rotatable bonds is 8. The maximum absolute atomic E-state index is 2.52. The van der Waals surface area contributed by atoms with Crippen molar-refractivity contribution in [3.63, 3.8) is 0 Å². The lowest BCUT2D eigenvalue weighted by atomic mass is 9.82. The number of benzene rings is 11. The van der Waals surface area contributed by atoms with E-state index in [9.17, 15) is 0 Å². The number of nitrogens with zero attached hydrogens (tertiary/aromatic N) is 2. The smallest absolute Gasteiger partial charge is 0.0626 e. The van der Waals surface area contributed by atoms with Crippen LogP contribution < -0.4 is 4.90 Å². The summed E-state index contributed by atoms with van der Waals surface area (Å²) >= 11 is 0. The lowest BCUT2D eigenvalue weighted by Crippen LogP contribution is -2.16. The number of aromatic nitrogens is 1. The van der Waals surface area contributed by atoms with Crippen LogP contribution in [0.4, 0.5) is 17.1 Å². The van der Waals surface area contributed by atoms with Gasteiger partial charge in [0, 0.05) is 44.5 Å². The summed E-state index contributed by atoms with van der Waals surface area (Å²) in [7, 11) is 0. The van der Waals surface area contributed by atoms with Crippen molar-refractivity contribution >= 4 is 49.5 Å². The Labute approximate surface area is 403 Å². The van der Waals surface area contributed by atoms with Crippen molar-refractivity contribution in [3.05, 3.63) is 266 Å². The second-order valence-electron chi connectivity index (χ2n) is 18.8. The van der Waals surface area contributed by atoms with Crippen molar-refractivity contribution < 1.29 is 0 Å². The van der Waals surface area contributed by atoms with Crippen LogP contribution in [0.1, 0.15) is 25.0 Å². The van der Waals surface area contributed by atoms with Crippen molar-refractivity contribution in [1.82, 2.24) is 4.57 Å². The standard InChI is InChI=1S/C67H48N2/c1-67(2)61-29-17-16-26-57(61)58-43-42-54(44-62(58)67)68(51-36-30-46(31-37-51)45-18-6-3-7-19-45)52-38-32-47(33-39-52)48-34-40-53(41-35-48)69-65(50-22-10-5-11-23-50)63(49-20-8-4-9-21-49)64-59-27-14-12-24-55(59)56-25-13-15-28-60(56)66(64)69/h3-44H,1-2H3. The van der Waals surface area contributed by atoms with Crippen molar-refractivity contribution in [2.45, 2.75) is 19.3 Å². The molecule has 0 N–H and O–H groups in total. The fourth-order valence-corrected chi connectivity index (χ4v) is 11.3. The highest BCUT2D eigenvalue weighted by atomic mass is 15.1. The van der Waals surface area contributed by atoms with Gasteiger partial charge in [0.2, 0.25) is 0 Å². The summed E-state index contributed by atoms with van der Waals surface area (Å²) in [4.78, 5) is 2.40. The SMILES string of the molecule is CC1(C)c2ccccc2-c2ccc(N(c3ccc(-c4ccccc4)cc3)c3ccc(-c4ccc(-n5c(-c6ccccc6)c(-c6ccccc6)c6c7ccccc7c7ccccc7c65)cc4)cc3)cc21. The Balaban J connectivity index is 0.936. The maximum Gasteiger partial charge on any atom is 0.0626 e. The van der Waals surface area contributed by atoms with Crippen LogP contribution in [0.25, 0.3) is 93.9 Å². The molecule has 0 atom stereocenters. The molecule has 1 aliphatic carbocycles. The quantitative estimate of drug-likeness (QED) is 0.138. The minimum absolute atomic E-state index is 0.112. The van der Waals surface area contributed by atoms with E-state index in [1.54, 1.807) is 0 Å². The lowest BCUT2D eigenvalue weighted by molar-refractivity contribution is 0.660. The molecule has 0 saturated carbocycles. The molecule has 0 fully saturated rings. The van der Waals surface area contributed by atoms with Crippen LogP contribution in [0, 0.1) is 0 Å². The van der Waals surface area contributed by atoms with Crippen LogP contribution >= 0.6 is 0 Å². The van der Waals surface area contributed by atoms with E-state index in [0.717, 1.165) is 33.9 Å². The lowest BCUT2D eigenvalue weighted by Gasteiger charge is -2.28. The zero-order chi connectivity index (χ0) is 46.1. The Bertz CT molecular complexity index is 3870. The molecule has 2 heteroatoms. The number of hydrogen-bond acceptors (Lipinski definition) is 1. The second-order valence-corrected chi connectivity index (χ2v) is 18.8. The summed E-state index contributed by atoms with van der Waals surface area (Å²) < 4.78 is 2.52. The Hall–Kier alpha value is -8.72. The van der Waals surface area contributed by atoms with Crippen molar-refractivity contribution in [1.29, 1.82) is 0 Å². The van der Waals surface area contributed by atoms with Gasteiger partial charge in [0.05, 0.1) is 11.2 Å². The van der Waals surface area contributed by atoms with Gasteiger partial charge in [-0.25, -0.2) is 0 Å². The second kappa shape index (κ2) is 16.3. The molecule has 0 spiro atoms. The maximum atomic E-state index is 2.52. The van der Waals surface area contributed by atoms with Crippen molar-refractivity contribution in [3.8, 4) is 61.5 Å². The van der Waals surface area contributed by atoms with Gasteiger partial charge in [-0.15, -0.1) is 0 Å². The largest absolute Gasteiger partial charge is 0.310 e. The Morgan fingerprint density at radius 1 is 0.333 bits per heavy atom. The normalized spacial score (nSPS) is 12.6. The van der Waals surface area contributed by atoms with E-state index in [0.29, 0.717) is 0 Å². The first-order valence-corrected chi connectivity index (χ1v) is 24.0. The first-order valence-electron chi connectivity index (χ1n) is 24.0. The highest BCUT2D eigenvalue weighted by Gasteiger charge is 2.36. The van der Waals surface area contributed by atoms with E-state index in [-0.39, 0.29) is 5.41 Å². The molecule has 2 nitrogen and oxygen atoms in total. The molecule has 1 aliphatic rings. The first-order chi connectivity index (χ1) is 34.0. The topological polar surface area (TPSA) is 8.17 Å². The molecule has 13 rings (SSSR count). The number of anilines is 3. The van der Waals surface area contributed by atoms with E-state index in [4.69, 9.17) is 0 Å². The Kier molecular flexibility index (Phi) is 9.55. The van der Waals surface area contributed by atoms with E-state index >= 15 is 0 Å². The van der Waals surface area contributed by atoms with Gasteiger partial charge in [-0.1, -0.05) is 220 Å². The molecule has 0 saturated heterocycles. The van der Waals surface area contributed by atoms with E-state index in [2.05, 4.69) is 278 Å². The molecular weight excluding hydrogens is 833 g/mol. The van der Waals surface area contributed by atoms with Crippen LogP contribution in [-0.4, -0.2) is 4.57 Å². The number of fused-ring (bicyclic) bond motifs is 9. The van der Waals surface area contributed by atoms with Crippen LogP contribution in [0.5, 0.6) is 0 Å². The fraction of sp³-hybridized carbons (Fsp3) is 0.0448. The number of hydrogen-bond donors (Lipinski definition) is 0. The van der Waals surface area contributed by atoms with Gasteiger partial charge in [-0.05, 0) is 120 Å². The monoisotopic (exact) mass is 880 g/mol. The van der Waals surface area contributed by atoms with Crippen LogP contribution in [-0.2, 0) is 5.41 Å². The summed E-state index contributed by atoms with van der Waals surface area (Å²) in [6.45, 7) is 4.71. The summed E-state index contributed by atoms with van der Waals surface area (Å²) in [6.07, 6.45) is 0. The van der Waals surface area contributed by atoms with Gasteiger partial charge in [-0.3, -0.25) is 0 Å². The third kappa shape index (κ3) is 6.63. The van der Waals surface area contributed by atoms with Crippen LogP contribution in [0.15, 0.2) is 255 Å². The molecule has 1 heterocycles. The zero-order valence-corrected chi connectivity index (χ0v) is 38.6. The summed E-state index contributed by atoms with van der Waals surface area (Å²) in [5.41, 5.74) is 20.5. The van der Waals surface area contributed by atoms with E-state index in [1.807, 2.05) is 0 Å². The highest BCUT2D eigenvalue weighted by molar-refractivity contribution is 6.30. The summed E-state index contributed by atoms with van der Waals surface area (Å²) in [5, 5.41) is 6.28. The van der Waals surface area contributed by atoms with Gasteiger partial charge in [-0.2, -0.15) is 0 Å². The van der Waals surface area contributed by atoms with Gasteiger partial charge >= 0.3 is 0 Å². The molecule has 1 aromatic heterocycles. The predicted molar refractivity (Wildman–Crippen MR) is 292 cm³/mol. The first kappa shape index (κ1) is 40.5. The molecular formula is C67H48N2. The van der Waals surface area contributed by atoms with Crippen LogP contribution in [0.3, 0.4) is 0 Å². The molecule has 0 unspecified atom stereocenters.